The van der Waals surface area contributed by atoms with Crippen LogP contribution in [0.25, 0.3) is 0 Å². The van der Waals surface area contributed by atoms with Gasteiger partial charge in [-0.3, -0.25) is 10.1 Å². The van der Waals surface area contributed by atoms with E-state index in [2.05, 4.69) is 16.6 Å². The van der Waals surface area contributed by atoms with Crippen LogP contribution in [0.2, 0.25) is 5.02 Å². The number of rotatable bonds is 4. The van der Waals surface area contributed by atoms with Crippen molar-refractivity contribution < 1.29 is 28.7 Å². The maximum Gasteiger partial charge on any atom is 0.410 e. The molecule has 162 valence electrons. The molecule has 0 aromatic heterocycles. The fraction of sp³-hybridized carbons (Fsp3) is 0.500. The summed E-state index contributed by atoms with van der Waals surface area (Å²) in [4.78, 5) is 35.8. The molecule has 1 fully saturated rings. The molecule has 1 aliphatic heterocycles. The van der Waals surface area contributed by atoms with Crippen molar-refractivity contribution in [1.29, 1.82) is 0 Å². The Morgan fingerprint density at radius 2 is 2.07 bits per heavy atom. The van der Waals surface area contributed by atoms with Crippen LogP contribution in [0.3, 0.4) is 0 Å². The molecule has 0 spiro atoms. The third-order valence-electron chi connectivity index (χ3n) is 4.08. The number of nitro benzene ring substituents is 1. The minimum absolute atomic E-state index is 0.0349. The minimum atomic E-state index is -0.751. The Morgan fingerprint density at radius 3 is 2.67 bits per heavy atom. The Morgan fingerprint density at radius 1 is 1.37 bits per heavy atom. The molecule has 0 aliphatic carbocycles. The molecule has 1 aliphatic rings. The standard InChI is InChI=1S/C20H23ClN2O7/c1-20(2,3)30-19(25)22-8-7-13(12-22)6-5-9-29-16-11-14(18(24)28-4)10-15(17(16)21)23(26)27/h10-11,13H,7-9,12H2,1-4H3. The predicted molar refractivity (Wildman–Crippen MR) is 109 cm³/mol. The first kappa shape index (κ1) is 23.3. The summed E-state index contributed by atoms with van der Waals surface area (Å²) in [5, 5.41) is 10.9. The molecule has 9 nitrogen and oxygen atoms in total. The van der Waals surface area contributed by atoms with Crippen LogP contribution in [0.4, 0.5) is 10.5 Å². The van der Waals surface area contributed by atoms with E-state index in [1.165, 1.54) is 6.07 Å². The van der Waals surface area contributed by atoms with E-state index in [0.29, 0.717) is 19.5 Å². The summed E-state index contributed by atoms with van der Waals surface area (Å²) in [5.74, 6) is 5.01. The van der Waals surface area contributed by atoms with Crippen molar-refractivity contribution in [2.75, 3.05) is 26.8 Å². The lowest BCUT2D eigenvalue weighted by atomic mass is 10.1. The van der Waals surface area contributed by atoms with Gasteiger partial charge in [-0.25, -0.2) is 9.59 Å². The highest BCUT2D eigenvalue weighted by atomic mass is 35.5. The van der Waals surface area contributed by atoms with E-state index in [0.717, 1.165) is 13.2 Å². The molecule has 1 atom stereocenters. The summed E-state index contributed by atoms with van der Waals surface area (Å²) in [7, 11) is 1.16. The van der Waals surface area contributed by atoms with E-state index < -0.39 is 22.2 Å². The average Bonchev–Trinajstić information content (AvgIpc) is 3.13. The van der Waals surface area contributed by atoms with Crippen LogP contribution in [0.15, 0.2) is 12.1 Å². The second-order valence-corrected chi connectivity index (χ2v) is 7.96. The number of hydrogen-bond donors (Lipinski definition) is 0. The van der Waals surface area contributed by atoms with E-state index in [1.54, 1.807) is 25.7 Å². The van der Waals surface area contributed by atoms with Gasteiger partial charge in [0.05, 0.1) is 17.6 Å². The van der Waals surface area contributed by atoms with E-state index in [9.17, 15) is 19.7 Å². The summed E-state index contributed by atoms with van der Waals surface area (Å²) in [6.45, 7) is 6.32. The Bertz CT molecular complexity index is 899. The fourth-order valence-corrected chi connectivity index (χ4v) is 2.96. The number of nitro groups is 1. The fourth-order valence-electron chi connectivity index (χ4n) is 2.73. The lowest BCUT2D eigenvalue weighted by Crippen LogP contribution is -2.35. The zero-order chi connectivity index (χ0) is 22.5. The van der Waals surface area contributed by atoms with Gasteiger partial charge in [-0.15, -0.1) is 0 Å². The van der Waals surface area contributed by atoms with E-state index in [1.807, 2.05) is 0 Å². The van der Waals surface area contributed by atoms with Gasteiger partial charge in [-0.2, -0.15) is 0 Å². The molecular weight excluding hydrogens is 416 g/mol. The lowest BCUT2D eigenvalue weighted by Gasteiger charge is -2.24. The summed E-state index contributed by atoms with van der Waals surface area (Å²) >= 11 is 6.01. The van der Waals surface area contributed by atoms with E-state index in [4.69, 9.17) is 21.1 Å². The Labute approximate surface area is 179 Å². The van der Waals surface area contributed by atoms with Gasteiger partial charge in [0, 0.05) is 25.1 Å². The third kappa shape index (κ3) is 6.26. The Kier molecular flexibility index (Phi) is 7.51. The van der Waals surface area contributed by atoms with Crippen molar-refractivity contribution in [3.63, 3.8) is 0 Å². The maximum absolute atomic E-state index is 12.1. The maximum atomic E-state index is 12.1. The molecule has 0 radical (unpaired) electrons. The molecule has 1 aromatic rings. The summed E-state index contributed by atoms with van der Waals surface area (Å²) in [5.41, 5.74) is -1.08. The molecule has 0 N–H and O–H groups in total. The first-order valence-electron chi connectivity index (χ1n) is 9.17. The Balaban J connectivity index is 2.00. The molecule has 1 aromatic carbocycles. The van der Waals surface area contributed by atoms with Gasteiger partial charge >= 0.3 is 12.1 Å². The zero-order valence-corrected chi connectivity index (χ0v) is 17.9. The van der Waals surface area contributed by atoms with Crippen molar-refractivity contribution in [2.24, 2.45) is 5.92 Å². The second-order valence-electron chi connectivity index (χ2n) is 7.58. The largest absolute Gasteiger partial charge is 0.479 e. The topological polar surface area (TPSA) is 108 Å². The highest BCUT2D eigenvalue weighted by Gasteiger charge is 2.29. The molecule has 0 bridgehead atoms. The van der Waals surface area contributed by atoms with Crippen molar-refractivity contribution in [1.82, 2.24) is 4.90 Å². The number of ether oxygens (including phenoxy) is 3. The van der Waals surface area contributed by atoms with E-state index >= 15 is 0 Å². The molecule has 1 amide bonds. The zero-order valence-electron chi connectivity index (χ0n) is 17.2. The van der Waals surface area contributed by atoms with Gasteiger partial charge in [0.2, 0.25) is 0 Å². The number of benzene rings is 1. The van der Waals surface area contributed by atoms with Gasteiger partial charge in [0.25, 0.3) is 5.69 Å². The Hall–Kier alpha value is -2.99. The van der Waals surface area contributed by atoms with E-state index in [-0.39, 0.29) is 35.0 Å². The number of carbonyl (C=O) groups is 2. The molecule has 1 unspecified atom stereocenters. The van der Waals surface area contributed by atoms with Crippen molar-refractivity contribution in [3.8, 4) is 17.6 Å². The number of esters is 1. The van der Waals surface area contributed by atoms with Crippen molar-refractivity contribution >= 4 is 29.4 Å². The van der Waals surface area contributed by atoms with Crippen molar-refractivity contribution in [2.45, 2.75) is 32.8 Å². The molecule has 30 heavy (non-hydrogen) atoms. The van der Waals surface area contributed by atoms with Crippen molar-refractivity contribution in [3.05, 3.63) is 32.8 Å². The number of halogens is 1. The average molecular weight is 439 g/mol. The molecule has 0 saturated carbocycles. The summed E-state index contributed by atoms with van der Waals surface area (Å²) in [6.07, 6.45) is 0.331. The van der Waals surface area contributed by atoms with Gasteiger partial charge in [0.15, 0.2) is 5.02 Å². The smallest absolute Gasteiger partial charge is 0.410 e. The molecule has 1 saturated heterocycles. The van der Waals surface area contributed by atoms with Gasteiger partial charge in [-0.1, -0.05) is 23.4 Å². The van der Waals surface area contributed by atoms with Crippen LogP contribution in [-0.4, -0.2) is 54.3 Å². The number of methoxy groups -OCH3 is 1. The highest BCUT2D eigenvalue weighted by molar-refractivity contribution is 6.34. The predicted octanol–water partition coefficient (Wildman–Crippen LogP) is 3.67. The molecular formula is C20H23ClN2O7. The first-order chi connectivity index (χ1) is 14.0. The van der Waals surface area contributed by atoms with Crippen LogP contribution >= 0.6 is 11.6 Å². The second kappa shape index (κ2) is 9.67. The SMILES string of the molecule is COC(=O)c1cc(OCC#CC2CCN(C(=O)OC(C)(C)C)C2)c(Cl)c([N+](=O)[O-])c1. The minimum Gasteiger partial charge on any atom is -0.479 e. The number of likely N-dealkylation sites (tertiary alicyclic amines) is 1. The lowest BCUT2D eigenvalue weighted by molar-refractivity contribution is -0.384. The first-order valence-corrected chi connectivity index (χ1v) is 9.55. The van der Waals surface area contributed by atoms with Crippen LogP contribution in [0.5, 0.6) is 5.75 Å². The van der Waals surface area contributed by atoms with Crippen LogP contribution in [0.1, 0.15) is 37.6 Å². The monoisotopic (exact) mass is 438 g/mol. The quantitative estimate of drug-likeness (QED) is 0.305. The number of amides is 1. The molecule has 2 rings (SSSR count). The highest BCUT2D eigenvalue weighted by Crippen LogP contribution is 2.35. The van der Waals surface area contributed by atoms with Crippen LogP contribution < -0.4 is 4.74 Å². The van der Waals surface area contributed by atoms with Crippen LogP contribution in [0, 0.1) is 27.9 Å². The molecule has 1 heterocycles. The third-order valence-corrected chi connectivity index (χ3v) is 4.46. The summed E-state index contributed by atoms with van der Waals surface area (Å²) < 4.78 is 15.4. The van der Waals surface area contributed by atoms with Crippen LogP contribution in [-0.2, 0) is 9.47 Å². The normalized spacial score (nSPS) is 15.8. The number of carbonyl (C=O) groups excluding carboxylic acids is 2. The summed E-state index contributed by atoms with van der Waals surface area (Å²) in [6, 6.07) is 2.29. The van der Waals surface area contributed by atoms with Gasteiger partial charge in [0.1, 0.15) is 18.0 Å². The van der Waals surface area contributed by atoms with Gasteiger partial charge < -0.3 is 19.1 Å². The number of hydrogen-bond acceptors (Lipinski definition) is 7. The number of nitrogens with zero attached hydrogens (tertiary/aromatic N) is 2. The molecule has 10 heteroatoms. The van der Waals surface area contributed by atoms with Gasteiger partial charge in [-0.05, 0) is 33.3 Å².